The molecular weight excluding hydrogens is 790 g/mol. The highest BCUT2D eigenvalue weighted by Gasteiger charge is 2.30. The molecule has 4 saturated heterocycles. The van der Waals surface area contributed by atoms with E-state index in [1.54, 1.807) is 12.1 Å². The summed E-state index contributed by atoms with van der Waals surface area (Å²) in [5.41, 5.74) is 5.38. The standard InChI is InChI=1S/C45H51ClF2N8O4/c1-27(2)34-25-49-42-39(9-7-35(46)41(34)42)56-17-13-29(14-18-56)50-43(58)32-5-3-30(23-36(32)47)54-15-11-28(12-16-54)26-53-19-21-55(22-20-53)31-4-6-33(37(48)24-31)44(59)51-38-8-10-40(57)52-45(38)60/h3-7,9,23-25,28-29,38,49H,1,8,10-22,26H2,2H3,(H,50,58)(H,51,59)(H,52,57,60). The first-order valence-electron chi connectivity index (χ1n) is 20.9. The van der Waals surface area contributed by atoms with Crippen molar-refractivity contribution in [3.05, 3.63) is 94.7 Å². The number of imide groups is 1. The Labute approximate surface area is 353 Å². The first-order chi connectivity index (χ1) is 28.9. The number of amides is 4. The summed E-state index contributed by atoms with van der Waals surface area (Å²) in [5.74, 6) is -2.74. The number of H-pyrrole nitrogens is 1. The number of carbonyl (C=O) groups excluding carboxylic acids is 4. The molecule has 4 fully saturated rings. The number of carbonyl (C=O) groups is 4. The summed E-state index contributed by atoms with van der Waals surface area (Å²) >= 11 is 6.56. The van der Waals surface area contributed by atoms with Crippen LogP contribution < -0.4 is 30.7 Å². The summed E-state index contributed by atoms with van der Waals surface area (Å²) in [6.07, 6.45) is 5.65. The summed E-state index contributed by atoms with van der Waals surface area (Å²) in [4.78, 5) is 61.8. The molecule has 0 saturated carbocycles. The van der Waals surface area contributed by atoms with E-state index in [1.807, 2.05) is 31.3 Å². The highest BCUT2D eigenvalue weighted by atomic mass is 35.5. The summed E-state index contributed by atoms with van der Waals surface area (Å²) in [6, 6.07) is 12.5. The summed E-state index contributed by atoms with van der Waals surface area (Å²) in [5, 5.41) is 9.44. The molecule has 1 unspecified atom stereocenters. The predicted molar refractivity (Wildman–Crippen MR) is 231 cm³/mol. The molecule has 0 aliphatic carbocycles. The summed E-state index contributed by atoms with van der Waals surface area (Å²) in [6.45, 7) is 13.2. The SMILES string of the molecule is C=C(C)c1c[nH]c2c(N3CCC(NC(=O)c4ccc(N5CCC(CN6CCN(c7ccc(C(=O)NC8CCC(=O)NC8=O)c(F)c7)CC6)CC5)cc4F)CC3)ccc(Cl)c12. The fraction of sp³-hybridized carbons (Fsp3) is 0.422. The maximum atomic E-state index is 15.5. The number of nitrogens with zero attached hydrogens (tertiary/aromatic N) is 4. The fourth-order valence-corrected chi connectivity index (χ4v) is 9.34. The Morgan fingerprint density at radius 3 is 1.97 bits per heavy atom. The van der Waals surface area contributed by atoms with Gasteiger partial charge in [-0.05, 0) is 99.0 Å². The Balaban J connectivity index is 0.767. The van der Waals surface area contributed by atoms with Crippen LogP contribution in [0.3, 0.4) is 0 Å². The van der Waals surface area contributed by atoms with Gasteiger partial charge in [0.1, 0.15) is 17.7 Å². The quantitative estimate of drug-likeness (QED) is 0.141. The molecule has 1 atom stereocenters. The molecule has 4 aliphatic rings. The molecular formula is C45H51ClF2N8O4. The van der Waals surface area contributed by atoms with Gasteiger partial charge in [0.15, 0.2) is 0 Å². The average molecular weight is 841 g/mol. The molecule has 60 heavy (non-hydrogen) atoms. The third-order valence-corrected chi connectivity index (χ3v) is 12.9. The van der Waals surface area contributed by atoms with Crippen molar-refractivity contribution in [3.63, 3.8) is 0 Å². The Hall–Kier alpha value is -5.47. The van der Waals surface area contributed by atoms with Crippen LogP contribution in [0.5, 0.6) is 0 Å². The second kappa shape index (κ2) is 17.6. The summed E-state index contributed by atoms with van der Waals surface area (Å²) < 4.78 is 30.6. The minimum Gasteiger partial charge on any atom is -0.371 e. The number of allylic oxidation sites excluding steroid dienone is 1. The van der Waals surface area contributed by atoms with Crippen LogP contribution in [-0.2, 0) is 9.59 Å². The number of piperazine rings is 1. The van der Waals surface area contributed by atoms with Crippen molar-refractivity contribution in [2.45, 2.75) is 57.5 Å². The van der Waals surface area contributed by atoms with Crippen LogP contribution >= 0.6 is 11.6 Å². The lowest BCUT2D eigenvalue weighted by molar-refractivity contribution is -0.134. The van der Waals surface area contributed by atoms with Gasteiger partial charge in [-0.25, -0.2) is 8.78 Å². The van der Waals surface area contributed by atoms with E-state index in [-0.39, 0.29) is 35.9 Å². The molecule has 12 nitrogen and oxygen atoms in total. The number of halogens is 3. The van der Waals surface area contributed by atoms with E-state index in [2.05, 4.69) is 47.1 Å². The highest BCUT2D eigenvalue weighted by Crippen LogP contribution is 2.37. The number of fused-ring (bicyclic) bond motifs is 1. The topological polar surface area (TPSA) is 133 Å². The second-order valence-corrected chi connectivity index (χ2v) is 17.0. The summed E-state index contributed by atoms with van der Waals surface area (Å²) in [7, 11) is 0. The van der Waals surface area contributed by atoms with Gasteiger partial charge in [0, 0.05) is 99.9 Å². The van der Waals surface area contributed by atoms with Gasteiger partial charge >= 0.3 is 0 Å². The number of piperidine rings is 3. The van der Waals surface area contributed by atoms with E-state index < -0.39 is 35.4 Å². The molecule has 0 radical (unpaired) electrons. The van der Waals surface area contributed by atoms with Gasteiger partial charge in [-0.2, -0.15) is 0 Å². The van der Waals surface area contributed by atoms with E-state index in [9.17, 15) is 19.2 Å². The Morgan fingerprint density at radius 1 is 0.767 bits per heavy atom. The Kier molecular flexibility index (Phi) is 12.1. The van der Waals surface area contributed by atoms with Crippen molar-refractivity contribution < 1.29 is 28.0 Å². The van der Waals surface area contributed by atoms with Crippen LogP contribution in [0, 0.1) is 17.6 Å². The van der Waals surface area contributed by atoms with Gasteiger partial charge in [0.05, 0.1) is 27.4 Å². The molecule has 4 aromatic rings. The molecule has 1 aromatic heterocycles. The molecule has 316 valence electrons. The lowest BCUT2D eigenvalue weighted by atomic mass is 9.95. The van der Waals surface area contributed by atoms with Crippen molar-refractivity contribution in [3.8, 4) is 0 Å². The van der Waals surface area contributed by atoms with Gasteiger partial charge in [-0.3, -0.25) is 29.4 Å². The largest absolute Gasteiger partial charge is 0.371 e. The van der Waals surface area contributed by atoms with E-state index in [0.717, 1.165) is 118 Å². The molecule has 0 bridgehead atoms. The van der Waals surface area contributed by atoms with Crippen molar-refractivity contribution in [2.24, 2.45) is 5.92 Å². The molecule has 5 heterocycles. The normalized spacial score (nSPS) is 19.7. The van der Waals surface area contributed by atoms with Gasteiger partial charge in [0.2, 0.25) is 11.8 Å². The van der Waals surface area contributed by atoms with Crippen molar-refractivity contribution in [1.29, 1.82) is 0 Å². The Bertz CT molecular complexity index is 2310. The van der Waals surface area contributed by atoms with Crippen molar-refractivity contribution in [2.75, 3.05) is 73.6 Å². The zero-order chi connectivity index (χ0) is 42.1. The van der Waals surface area contributed by atoms with Crippen LogP contribution in [0.15, 0.2) is 61.3 Å². The maximum absolute atomic E-state index is 15.5. The minimum atomic E-state index is -0.874. The molecule has 15 heteroatoms. The minimum absolute atomic E-state index is 0.0577. The number of hydrogen-bond donors (Lipinski definition) is 4. The van der Waals surface area contributed by atoms with E-state index in [4.69, 9.17) is 11.6 Å². The van der Waals surface area contributed by atoms with Gasteiger partial charge in [0.25, 0.3) is 11.8 Å². The number of rotatable bonds is 10. The second-order valence-electron chi connectivity index (χ2n) is 16.6. The molecule has 8 rings (SSSR count). The van der Waals surface area contributed by atoms with Crippen molar-refractivity contribution in [1.82, 2.24) is 25.8 Å². The zero-order valence-electron chi connectivity index (χ0n) is 33.8. The first kappa shape index (κ1) is 41.3. The molecule has 0 spiro atoms. The lowest BCUT2D eigenvalue weighted by Crippen LogP contribution is -2.52. The molecule has 4 aliphatic heterocycles. The van der Waals surface area contributed by atoms with Crippen LogP contribution in [0.1, 0.15) is 71.7 Å². The van der Waals surface area contributed by atoms with Crippen LogP contribution in [-0.4, -0.2) is 104 Å². The highest BCUT2D eigenvalue weighted by molar-refractivity contribution is 6.36. The van der Waals surface area contributed by atoms with Gasteiger partial charge in [-0.1, -0.05) is 18.2 Å². The number of hydrogen-bond acceptors (Lipinski definition) is 8. The molecule has 4 amide bonds. The third kappa shape index (κ3) is 8.85. The monoisotopic (exact) mass is 840 g/mol. The third-order valence-electron chi connectivity index (χ3n) is 12.6. The van der Waals surface area contributed by atoms with E-state index in [0.29, 0.717) is 16.6 Å². The van der Waals surface area contributed by atoms with Gasteiger partial charge < -0.3 is 30.3 Å². The molecule has 4 N–H and O–H groups in total. The van der Waals surface area contributed by atoms with Crippen molar-refractivity contribution >= 4 is 68.8 Å². The fourth-order valence-electron chi connectivity index (χ4n) is 9.08. The smallest absolute Gasteiger partial charge is 0.254 e. The number of nitrogens with one attached hydrogen (secondary N) is 4. The lowest BCUT2D eigenvalue weighted by Gasteiger charge is -2.40. The number of benzene rings is 3. The van der Waals surface area contributed by atoms with Crippen LogP contribution in [0.4, 0.5) is 25.8 Å². The first-order valence-corrected chi connectivity index (χ1v) is 21.3. The maximum Gasteiger partial charge on any atom is 0.254 e. The number of aromatic amines is 1. The molecule has 3 aromatic carbocycles. The van der Waals surface area contributed by atoms with Crippen LogP contribution in [0.25, 0.3) is 16.5 Å². The number of anilines is 3. The number of aromatic nitrogens is 1. The van der Waals surface area contributed by atoms with E-state index >= 15 is 8.78 Å². The van der Waals surface area contributed by atoms with Gasteiger partial charge in [-0.15, -0.1) is 0 Å². The average Bonchev–Trinajstić information content (AvgIpc) is 3.70. The zero-order valence-corrected chi connectivity index (χ0v) is 34.6. The Morgan fingerprint density at radius 2 is 1.37 bits per heavy atom. The van der Waals surface area contributed by atoms with E-state index in [1.165, 1.54) is 18.2 Å². The predicted octanol–water partition coefficient (Wildman–Crippen LogP) is 6.11. The van der Waals surface area contributed by atoms with Crippen LogP contribution in [0.2, 0.25) is 5.02 Å².